The average molecular weight is 209 g/mol. The number of nitrogens with two attached hydrogens (primary N) is 1. The van der Waals surface area contributed by atoms with Gasteiger partial charge in [-0.1, -0.05) is 11.8 Å². The minimum atomic E-state index is -0.379. The van der Waals surface area contributed by atoms with Crippen LogP contribution in [0.2, 0.25) is 0 Å². The van der Waals surface area contributed by atoms with Gasteiger partial charge < -0.3 is 5.73 Å². The lowest BCUT2D eigenvalue weighted by Gasteiger charge is -1.95. The summed E-state index contributed by atoms with van der Waals surface area (Å²) in [5.74, 6) is 0.325. The summed E-state index contributed by atoms with van der Waals surface area (Å²) in [6, 6.07) is 1.77. The third kappa shape index (κ3) is 1.67. The highest BCUT2D eigenvalue weighted by molar-refractivity contribution is 7.99. The van der Waals surface area contributed by atoms with Crippen molar-refractivity contribution < 1.29 is 4.79 Å². The molecule has 0 fully saturated rings. The number of carbonyl (C=O) groups excluding carboxylic acids is 1. The molecule has 0 bridgehead atoms. The minimum absolute atomic E-state index is 0.190. The van der Waals surface area contributed by atoms with Gasteiger partial charge in [-0.2, -0.15) is 0 Å². The summed E-state index contributed by atoms with van der Waals surface area (Å²) in [6.07, 6.45) is 3.41. The summed E-state index contributed by atoms with van der Waals surface area (Å²) in [7, 11) is 0. The molecule has 2 aromatic heterocycles. The Kier molecular flexibility index (Phi) is 2.32. The van der Waals surface area contributed by atoms with Gasteiger partial charge in [0.15, 0.2) is 5.16 Å². The van der Waals surface area contributed by atoms with Gasteiger partial charge in [0.1, 0.15) is 0 Å². The van der Waals surface area contributed by atoms with Crippen LogP contribution in [0.1, 0.15) is 0 Å². The van der Waals surface area contributed by atoms with Crippen LogP contribution in [-0.4, -0.2) is 31.2 Å². The summed E-state index contributed by atoms with van der Waals surface area (Å²) in [6.45, 7) is 0. The molecule has 0 spiro atoms. The first-order chi connectivity index (χ1) is 6.77. The molecule has 0 saturated carbocycles. The molecular weight excluding hydrogens is 202 g/mol. The van der Waals surface area contributed by atoms with E-state index in [0.717, 1.165) is 0 Å². The molecule has 1 amide bonds. The third-order valence-electron chi connectivity index (χ3n) is 1.50. The second-order valence-electron chi connectivity index (χ2n) is 2.53. The van der Waals surface area contributed by atoms with Gasteiger partial charge in [-0.3, -0.25) is 9.20 Å². The fraction of sp³-hybridized carbons (Fsp3) is 0.143. The average Bonchev–Trinajstić information content (AvgIpc) is 2.58. The van der Waals surface area contributed by atoms with Gasteiger partial charge in [-0.25, -0.2) is 4.98 Å². The normalized spacial score (nSPS) is 10.6. The van der Waals surface area contributed by atoms with Crippen molar-refractivity contribution in [2.24, 2.45) is 5.73 Å². The van der Waals surface area contributed by atoms with Crippen LogP contribution in [0.5, 0.6) is 0 Å². The number of hydrogen-bond acceptors (Lipinski definition) is 5. The number of rotatable bonds is 3. The molecule has 0 saturated heterocycles. The quantitative estimate of drug-likeness (QED) is 0.701. The standard InChI is InChI=1S/C7H7N5OS/c8-5(13)4-14-7-11-10-6-9-2-1-3-12(6)7/h1-3H,4H2,(H2,8,13). The van der Waals surface area contributed by atoms with Gasteiger partial charge in [0, 0.05) is 12.4 Å². The Morgan fingerprint density at radius 2 is 2.43 bits per heavy atom. The van der Waals surface area contributed by atoms with Gasteiger partial charge in [0.25, 0.3) is 5.78 Å². The fourth-order valence-electron chi connectivity index (χ4n) is 0.956. The highest BCUT2D eigenvalue weighted by Crippen LogP contribution is 2.14. The smallest absolute Gasteiger partial charge is 0.255 e. The van der Waals surface area contributed by atoms with Crippen LogP contribution in [0.3, 0.4) is 0 Å². The first-order valence-electron chi connectivity index (χ1n) is 3.84. The highest BCUT2D eigenvalue weighted by atomic mass is 32.2. The summed E-state index contributed by atoms with van der Waals surface area (Å²) < 4.78 is 1.70. The Balaban J connectivity index is 2.29. The van der Waals surface area contributed by atoms with Crippen LogP contribution in [0.25, 0.3) is 5.78 Å². The number of aromatic nitrogens is 4. The number of nitrogens with zero attached hydrogens (tertiary/aromatic N) is 4. The van der Waals surface area contributed by atoms with Crippen molar-refractivity contribution in [2.45, 2.75) is 5.16 Å². The molecule has 2 heterocycles. The Morgan fingerprint density at radius 1 is 1.57 bits per heavy atom. The van der Waals surface area contributed by atoms with Crippen molar-refractivity contribution in [2.75, 3.05) is 5.75 Å². The molecule has 6 nitrogen and oxygen atoms in total. The Morgan fingerprint density at radius 3 is 3.21 bits per heavy atom. The second-order valence-corrected chi connectivity index (χ2v) is 3.47. The van der Waals surface area contributed by atoms with Gasteiger partial charge in [0.05, 0.1) is 5.75 Å². The Hall–Kier alpha value is -1.63. The van der Waals surface area contributed by atoms with Crippen LogP contribution in [0.15, 0.2) is 23.6 Å². The molecule has 14 heavy (non-hydrogen) atoms. The molecule has 0 unspecified atom stereocenters. The predicted octanol–water partition coefficient (Wildman–Crippen LogP) is -0.298. The molecule has 0 aliphatic rings. The lowest BCUT2D eigenvalue weighted by atomic mass is 10.7. The topological polar surface area (TPSA) is 86.2 Å². The number of amides is 1. The Labute approximate surface area is 83.5 Å². The summed E-state index contributed by atoms with van der Waals surface area (Å²) in [5, 5.41) is 8.32. The molecule has 0 aliphatic heterocycles. The molecule has 2 rings (SSSR count). The Bertz CT molecular complexity index is 468. The zero-order valence-corrected chi connectivity index (χ0v) is 7.94. The van der Waals surface area contributed by atoms with Crippen molar-refractivity contribution in [3.05, 3.63) is 18.5 Å². The lowest BCUT2D eigenvalue weighted by molar-refractivity contribution is -0.115. The molecule has 0 radical (unpaired) electrons. The van der Waals surface area contributed by atoms with Crippen molar-refractivity contribution in [3.8, 4) is 0 Å². The number of thioether (sulfide) groups is 1. The first kappa shape index (κ1) is 8.95. The van der Waals surface area contributed by atoms with Crippen LogP contribution in [0.4, 0.5) is 0 Å². The summed E-state index contributed by atoms with van der Waals surface area (Å²) in [5.41, 5.74) is 5.02. The van der Waals surface area contributed by atoms with Gasteiger partial charge in [0.2, 0.25) is 5.91 Å². The predicted molar refractivity (Wildman–Crippen MR) is 50.7 cm³/mol. The third-order valence-corrected chi connectivity index (χ3v) is 2.47. The monoisotopic (exact) mass is 209 g/mol. The van der Waals surface area contributed by atoms with Crippen LogP contribution in [0, 0.1) is 0 Å². The zero-order chi connectivity index (χ0) is 9.97. The van der Waals surface area contributed by atoms with E-state index in [0.29, 0.717) is 10.9 Å². The summed E-state index contributed by atoms with van der Waals surface area (Å²) in [4.78, 5) is 14.5. The van der Waals surface area contributed by atoms with Crippen molar-refractivity contribution in [3.63, 3.8) is 0 Å². The van der Waals surface area contributed by atoms with E-state index in [9.17, 15) is 4.79 Å². The van der Waals surface area contributed by atoms with Crippen LogP contribution in [-0.2, 0) is 4.79 Å². The number of primary amides is 1. The molecular formula is C7H7N5OS. The fourth-order valence-corrected chi connectivity index (χ4v) is 1.61. The zero-order valence-electron chi connectivity index (χ0n) is 7.12. The first-order valence-corrected chi connectivity index (χ1v) is 4.83. The van der Waals surface area contributed by atoms with Crippen molar-refractivity contribution >= 4 is 23.4 Å². The highest BCUT2D eigenvalue weighted by Gasteiger charge is 2.06. The number of hydrogen-bond donors (Lipinski definition) is 1. The molecule has 0 aliphatic carbocycles. The maximum absolute atomic E-state index is 10.6. The van der Waals surface area contributed by atoms with E-state index < -0.39 is 0 Å². The van der Waals surface area contributed by atoms with E-state index in [1.165, 1.54) is 11.8 Å². The molecule has 7 heteroatoms. The summed E-state index contributed by atoms with van der Waals surface area (Å²) >= 11 is 1.24. The van der Waals surface area contributed by atoms with Gasteiger partial charge in [-0.15, -0.1) is 10.2 Å². The molecule has 2 N–H and O–H groups in total. The maximum Gasteiger partial charge on any atom is 0.255 e. The van der Waals surface area contributed by atoms with Crippen molar-refractivity contribution in [1.82, 2.24) is 19.6 Å². The van der Waals surface area contributed by atoms with E-state index in [-0.39, 0.29) is 11.7 Å². The largest absolute Gasteiger partial charge is 0.369 e. The minimum Gasteiger partial charge on any atom is -0.369 e. The van der Waals surface area contributed by atoms with Crippen LogP contribution >= 0.6 is 11.8 Å². The number of carbonyl (C=O) groups is 1. The maximum atomic E-state index is 10.6. The second kappa shape index (κ2) is 3.62. The van der Waals surface area contributed by atoms with E-state index in [1.54, 1.807) is 22.9 Å². The molecule has 0 aromatic carbocycles. The lowest BCUT2D eigenvalue weighted by Crippen LogP contribution is -2.13. The van der Waals surface area contributed by atoms with E-state index in [4.69, 9.17) is 5.73 Å². The SMILES string of the molecule is NC(=O)CSc1nnc2ncccn12. The molecule has 0 atom stereocenters. The van der Waals surface area contributed by atoms with E-state index in [1.807, 2.05) is 0 Å². The van der Waals surface area contributed by atoms with Crippen molar-refractivity contribution in [1.29, 1.82) is 0 Å². The van der Waals surface area contributed by atoms with Gasteiger partial charge in [-0.05, 0) is 6.07 Å². The van der Waals surface area contributed by atoms with E-state index >= 15 is 0 Å². The van der Waals surface area contributed by atoms with Gasteiger partial charge >= 0.3 is 0 Å². The van der Waals surface area contributed by atoms with E-state index in [2.05, 4.69) is 15.2 Å². The van der Waals surface area contributed by atoms with Crippen LogP contribution < -0.4 is 5.73 Å². The molecule has 72 valence electrons. The number of fused-ring (bicyclic) bond motifs is 1. The molecule has 2 aromatic rings.